The number of carbonyl (C=O) groups is 1. The van der Waals surface area contributed by atoms with Gasteiger partial charge < -0.3 is 10.0 Å². The molecule has 0 unspecified atom stereocenters. The van der Waals surface area contributed by atoms with Crippen LogP contribution in [0.25, 0.3) is 0 Å². The predicted octanol–water partition coefficient (Wildman–Crippen LogP) is 1.06. The summed E-state index contributed by atoms with van der Waals surface area (Å²) in [5.41, 5.74) is 0.977. The van der Waals surface area contributed by atoms with Gasteiger partial charge in [-0.2, -0.15) is 0 Å². The molecular weight excluding hydrogens is 204 g/mol. The SMILES string of the molecule is CC(C)C(=O)N(CCO)Cc1cccnc1. The zero-order valence-electron chi connectivity index (χ0n) is 9.76. The molecule has 1 amide bonds. The highest BCUT2D eigenvalue weighted by atomic mass is 16.3. The molecule has 88 valence electrons. The zero-order valence-corrected chi connectivity index (χ0v) is 9.76. The van der Waals surface area contributed by atoms with Crippen LogP contribution >= 0.6 is 0 Å². The lowest BCUT2D eigenvalue weighted by molar-refractivity contribution is -0.135. The van der Waals surface area contributed by atoms with Gasteiger partial charge >= 0.3 is 0 Å². The van der Waals surface area contributed by atoms with Crippen LogP contribution < -0.4 is 0 Å². The predicted molar refractivity (Wildman–Crippen MR) is 61.6 cm³/mol. The fraction of sp³-hybridized carbons (Fsp3) is 0.500. The van der Waals surface area contributed by atoms with Crippen LogP contribution in [0.3, 0.4) is 0 Å². The zero-order chi connectivity index (χ0) is 12.0. The Labute approximate surface area is 95.9 Å². The molecule has 1 aromatic heterocycles. The lowest BCUT2D eigenvalue weighted by atomic mass is 10.1. The summed E-state index contributed by atoms with van der Waals surface area (Å²) in [6, 6.07) is 3.76. The number of aromatic nitrogens is 1. The molecule has 1 rings (SSSR count). The first-order valence-electron chi connectivity index (χ1n) is 5.43. The highest BCUT2D eigenvalue weighted by Crippen LogP contribution is 2.07. The second-order valence-corrected chi connectivity index (χ2v) is 4.00. The van der Waals surface area contributed by atoms with Crippen LogP contribution in [-0.2, 0) is 11.3 Å². The lowest BCUT2D eigenvalue weighted by Crippen LogP contribution is -2.35. The normalized spacial score (nSPS) is 10.5. The van der Waals surface area contributed by atoms with Gasteiger partial charge in [0.15, 0.2) is 0 Å². The van der Waals surface area contributed by atoms with Crippen molar-refractivity contribution in [1.29, 1.82) is 0 Å². The van der Waals surface area contributed by atoms with Crippen molar-refractivity contribution in [2.45, 2.75) is 20.4 Å². The van der Waals surface area contributed by atoms with Crippen molar-refractivity contribution in [2.75, 3.05) is 13.2 Å². The number of aliphatic hydroxyl groups excluding tert-OH is 1. The molecule has 0 fully saturated rings. The second kappa shape index (κ2) is 6.23. The number of rotatable bonds is 5. The first kappa shape index (κ1) is 12.6. The van der Waals surface area contributed by atoms with Gasteiger partial charge in [0.2, 0.25) is 5.91 Å². The molecule has 0 aromatic carbocycles. The molecule has 0 saturated heterocycles. The third-order valence-corrected chi connectivity index (χ3v) is 2.27. The summed E-state index contributed by atoms with van der Waals surface area (Å²) >= 11 is 0. The first-order chi connectivity index (χ1) is 7.65. The smallest absolute Gasteiger partial charge is 0.225 e. The van der Waals surface area contributed by atoms with E-state index in [0.717, 1.165) is 5.56 Å². The summed E-state index contributed by atoms with van der Waals surface area (Å²) in [5.74, 6) is 0.00104. The number of carbonyl (C=O) groups excluding carboxylic acids is 1. The van der Waals surface area contributed by atoms with Gasteiger partial charge in [-0.05, 0) is 11.6 Å². The molecule has 0 aliphatic carbocycles. The quantitative estimate of drug-likeness (QED) is 0.810. The molecule has 0 spiro atoms. The van der Waals surface area contributed by atoms with E-state index in [0.29, 0.717) is 13.1 Å². The van der Waals surface area contributed by atoms with E-state index in [1.165, 1.54) is 0 Å². The monoisotopic (exact) mass is 222 g/mol. The Morgan fingerprint density at radius 2 is 2.31 bits per heavy atom. The third kappa shape index (κ3) is 3.62. The van der Waals surface area contributed by atoms with Crippen molar-refractivity contribution in [3.8, 4) is 0 Å². The maximum absolute atomic E-state index is 11.8. The van der Waals surface area contributed by atoms with Crippen LogP contribution in [0, 0.1) is 5.92 Å². The Kier molecular flexibility index (Phi) is 4.92. The van der Waals surface area contributed by atoms with Crippen molar-refractivity contribution < 1.29 is 9.90 Å². The van der Waals surface area contributed by atoms with E-state index in [-0.39, 0.29) is 18.4 Å². The molecule has 4 heteroatoms. The third-order valence-electron chi connectivity index (χ3n) is 2.27. The summed E-state index contributed by atoms with van der Waals surface area (Å²) in [7, 11) is 0. The summed E-state index contributed by atoms with van der Waals surface area (Å²) < 4.78 is 0. The molecule has 1 heterocycles. The summed E-state index contributed by atoms with van der Waals surface area (Å²) in [6.07, 6.45) is 3.43. The summed E-state index contributed by atoms with van der Waals surface area (Å²) in [5, 5.41) is 8.94. The van der Waals surface area contributed by atoms with E-state index in [1.807, 2.05) is 26.0 Å². The minimum atomic E-state index is -0.0526. The molecule has 0 aliphatic heterocycles. The minimum absolute atomic E-state index is 0.0152. The molecule has 1 N–H and O–H groups in total. The van der Waals surface area contributed by atoms with Gasteiger partial charge in [0.1, 0.15) is 0 Å². The van der Waals surface area contributed by atoms with Gasteiger partial charge in [-0.25, -0.2) is 0 Å². The van der Waals surface area contributed by atoms with Gasteiger partial charge in [0.05, 0.1) is 6.61 Å². The highest BCUT2D eigenvalue weighted by Gasteiger charge is 2.16. The van der Waals surface area contributed by atoms with E-state index < -0.39 is 0 Å². The topological polar surface area (TPSA) is 53.4 Å². The molecular formula is C12H18N2O2. The van der Waals surface area contributed by atoms with Gasteiger partial charge in [-0.3, -0.25) is 9.78 Å². The molecule has 0 radical (unpaired) electrons. The summed E-state index contributed by atoms with van der Waals surface area (Å²) in [6.45, 7) is 4.57. The highest BCUT2D eigenvalue weighted by molar-refractivity contribution is 5.78. The first-order valence-corrected chi connectivity index (χ1v) is 5.43. The largest absolute Gasteiger partial charge is 0.395 e. The van der Waals surface area contributed by atoms with Crippen molar-refractivity contribution >= 4 is 5.91 Å². The fourth-order valence-electron chi connectivity index (χ4n) is 1.47. The maximum Gasteiger partial charge on any atom is 0.225 e. The van der Waals surface area contributed by atoms with E-state index in [1.54, 1.807) is 17.3 Å². The average molecular weight is 222 g/mol. The molecule has 1 aromatic rings. The number of hydrogen-bond acceptors (Lipinski definition) is 3. The Hall–Kier alpha value is -1.42. The van der Waals surface area contributed by atoms with E-state index in [4.69, 9.17) is 5.11 Å². The fourth-order valence-corrected chi connectivity index (χ4v) is 1.47. The number of aliphatic hydroxyl groups is 1. The maximum atomic E-state index is 11.8. The Balaban J connectivity index is 2.68. The van der Waals surface area contributed by atoms with Crippen molar-refractivity contribution in [2.24, 2.45) is 5.92 Å². The number of hydrogen-bond donors (Lipinski definition) is 1. The molecule has 0 bridgehead atoms. The molecule has 0 atom stereocenters. The van der Waals surface area contributed by atoms with Crippen LogP contribution in [-0.4, -0.2) is 34.0 Å². The molecule has 4 nitrogen and oxygen atoms in total. The van der Waals surface area contributed by atoms with Crippen LogP contribution in [0.2, 0.25) is 0 Å². The van der Waals surface area contributed by atoms with E-state index in [9.17, 15) is 4.79 Å². The van der Waals surface area contributed by atoms with Crippen molar-refractivity contribution in [1.82, 2.24) is 9.88 Å². The number of pyridine rings is 1. The molecule has 0 aliphatic rings. The Morgan fingerprint density at radius 1 is 1.56 bits per heavy atom. The minimum Gasteiger partial charge on any atom is -0.395 e. The van der Waals surface area contributed by atoms with Gasteiger partial charge in [0.25, 0.3) is 0 Å². The average Bonchev–Trinajstić information content (AvgIpc) is 2.29. The van der Waals surface area contributed by atoms with Gasteiger partial charge in [-0.15, -0.1) is 0 Å². The van der Waals surface area contributed by atoms with E-state index >= 15 is 0 Å². The van der Waals surface area contributed by atoms with Gasteiger partial charge in [0, 0.05) is 31.4 Å². The summed E-state index contributed by atoms with van der Waals surface area (Å²) in [4.78, 5) is 17.5. The van der Waals surface area contributed by atoms with Crippen LogP contribution in [0.15, 0.2) is 24.5 Å². The second-order valence-electron chi connectivity index (χ2n) is 4.00. The van der Waals surface area contributed by atoms with Crippen molar-refractivity contribution in [3.05, 3.63) is 30.1 Å². The Bertz CT molecular complexity index is 325. The number of nitrogens with zero attached hydrogens (tertiary/aromatic N) is 2. The van der Waals surface area contributed by atoms with Crippen LogP contribution in [0.1, 0.15) is 19.4 Å². The molecule has 0 saturated carbocycles. The number of amides is 1. The van der Waals surface area contributed by atoms with Gasteiger partial charge in [-0.1, -0.05) is 19.9 Å². The Morgan fingerprint density at radius 3 is 2.81 bits per heavy atom. The van der Waals surface area contributed by atoms with Crippen molar-refractivity contribution in [3.63, 3.8) is 0 Å². The standard InChI is InChI=1S/C12H18N2O2/c1-10(2)12(16)14(6-7-15)9-11-4-3-5-13-8-11/h3-5,8,10,15H,6-7,9H2,1-2H3. The van der Waals surface area contributed by atoms with E-state index in [2.05, 4.69) is 4.98 Å². The molecule has 16 heavy (non-hydrogen) atoms. The van der Waals surface area contributed by atoms with Crippen LogP contribution in [0.4, 0.5) is 0 Å². The lowest BCUT2D eigenvalue weighted by Gasteiger charge is -2.23. The van der Waals surface area contributed by atoms with Crippen LogP contribution in [0.5, 0.6) is 0 Å².